The molecule has 140 valence electrons. The van der Waals surface area contributed by atoms with Crippen LogP contribution in [-0.4, -0.2) is 40.7 Å². The van der Waals surface area contributed by atoms with Crippen molar-refractivity contribution in [2.24, 2.45) is 5.11 Å². The van der Waals surface area contributed by atoms with Crippen LogP contribution >= 0.6 is 0 Å². The number of carboxylic acid groups (broad SMARTS) is 1. The number of rotatable bonds is 4. The average Bonchev–Trinajstić information content (AvgIpc) is 2.89. The van der Waals surface area contributed by atoms with Crippen LogP contribution in [0.25, 0.3) is 21.6 Å². The zero-order chi connectivity index (χ0) is 19.6. The third-order valence-corrected chi connectivity index (χ3v) is 4.59. The Morgan fingerprint density at radius 2 is 1.96 bits per heavy atom. The maximum atomic E-state index is 15.0. The smallest absolute Gasteiger partial charge is 0.407 e. The van der Waals surface area contributed by atoms with Crippen LogP contribution in [0.2, 0.25) is 0 Å². The van der Waals surface area contributed by atoms with Gasteiger partial charge in [-0.1, -0.05) is 53.6 Å². The van der Waals surface area contributed by atoms with Crippen molar-refractivity contribution >= 4 is 6.09 Å². The lowest BCUT2D eigenvalue weighted by Gasteiger charge is -2.24. The van der Waals surface area contributed by atoms with Gasteiger partial charge >= 0.3 is 6.09 Å². The van der Waals surface area contributed by atoms with Crippen molar-refractivity contribution in [1.82, 2.24) is 4.90 Å². The van der Waals surface area contributed by atoms with E-state index >= 15 is 0 Å². The van der Waals surface area contributed by atoms with Gasteiger partial charge in [-0.25, -0.2) is 18.0 Å². The van der Waals surface area contributed by atoms with Crippen LogP contribution in [0.15, 0.2) is 53.6 Å². The number of alkyl halides is 2. The van der Waals surface area contributed by atoms with Crippen molar-refractivity contribution in [3.63, 3.8) is 0 Å². The van der Waals surface area contributed by atoms with E-state index < -0.39 is 36.5 Å². The van der Waals surface area contributed by atoms with E-state index in [1.54, 1.807) is 42.5 Å². The first kappa shape index (κ1) is 18.6. The highest BCUT2D eigenvalue weighted by molar-refractivity contribution is 5.67. The topological polar surface area (TPSA) is 89.3 Å². The lowest BCUT2D eigenvalue weighted by molar-refractivity contribution is -0.00101. The molecule has 1 saturated heterocycles. The van der Waals surface area contributed by atoms with Gasteiger partial charge in [-0.3, -0.25) is 4.90 Å². The largest absolute Gasteiger partial charge is 0.465 e. The van der Waals surface area contributed by atoms with Gasteiger partial charge in [0.25, 0.3) is 5.92 Å². The molecule has 0 spiro atoms. The molecule has 1 amide bonds. The number of amides is 1. The van der Waals surface area contributed by atoms with E-state index in [9.17, 15) is 23.1 Å². The maximum Gasteiger partial charge on any atom is 0.407 e. The van der Waals surface area contributed by atoms with Gasteiger partial charge in [0.15, 0.2) is 0 Å². The molecule has 3 rings (SSSR count). The molecule has 1 fully saturated rings. The molecule has 1 heterocycles. The van der Waals surface area contributed by atoms with E-state index in [0.717, 1.165) is 0 Å². The third-order valence-electron chi connectivity index (χ3n) is 4.59. The van der Waals surface area contributed by atoms with Crippen LogP contribution in [0.3, 0.4) is 0 Å². The Bertz CT molecular complexity index is 901. The second kappa shape index (κ2) is 7.20. The zero-order valence-electron chi connectivity index (χ0n) is 14.0. The molecule has 2 aromatic carbocycles. The SMILES string of the molecule is [N-]=[N+]=N[C@@H]1[C@H](Cc2cccc(-c3ccccc3)c2F)N(C(=O)O)CC1(F)F. The number of hydrogen-bond donors (Lipinski definition) is 1. The predicted molar refractivity (Wildman–Crippen MR) is 91.9 cm³/mol. The number of hydrogen-bond acceptors (Lipinski definition) is 2. The first-order valence-corrected chi connectivity index (χ1v) is 8.09. The molecule has 0 aliphatic carbocycles. The lowest BCUT2D eigenvalue weighted by Crippen LogP contribution is -2.40. The van der Waals surface area contributed by atoms with Crippen molar-refractivity contribution in [3.05, 3.63) is 70.4 Å². The number of halogens is 3. The summed E-state index contributed by atoms with van der Waals surface area (Å²) in [5, 5.41) is 12.3. The van der Waals surface area contributed by atoms with E-state index in [-0.39, 0.29) is 17.5 Å². The average molecular weight is 376 g/mol. The maximum absolute atomic E-state index is 15.0. The number of azide groups is 1. The minimum absolute atomic E-state index is 0.0726. The molecular formula is C18H15F3N4O2. The standard InChI is InChI=1S/C18H15F3N4O2/c19-15-12(7-4-8-13(15)11-5-2-1-3-6-11)9-14-16(23-24-22)18(20,21)10-25(14)17(26)27/h1-8,14,16H,9-10H2,(H,26,27)/t14-,16+/m0/s1. The van der Waals surface area contributed by atoms with Gasteiger partial charge < -0.3 is 5.11 Å². The summed E-state index contributed by atoms with van der Waals surface area (Å²) < 4.78 is 43.3. The van der Waals surface area contributed by atoms with Crippen LogP contribution in [0.5, 0.6) is 0 Å². The summed E-state index contributed by atoms with van der Waals surface area (Å²) >= 11 is 0. The van der Waals surface area contributed by atoms with Gasteiger partial charge in [-0.15, -0.1) is 0 Å². The Morgan fingerprint density at radius 1 is 1.26 bits per heavy atom. The Kier molecular flexibility index (Phi) is 4.96. The molecule has 1 N–H and O–H groups in total. The first-order valence-electron chi connectivity index (χ1n) is 8.09. The van der Waals surface area contributed by atoms with Gasteiger partial charge in [0.2, 0.25) is 0 Å². The second-order valence-corrected chi connectivity index (χ2v) is 6.24. The van der Waals surface area contributed by atoms with Crippen LogP contribution in [-0.2, 0) is 6.42 Å². The monoisotopic (exact) mass is 376 g/mol. The predicted octanol–water partition coefficient (Wildman–Crippen LogP) is 4.71. The quantitative estimate of drug-likeness (QED) is 0.476. The second-order valence-electron chi connectivity index (χ2n) is 6.24. The number of likely N-dealkylation sites (tertiary alicyclic amines) is 1. The van der Waals surface area contributed by atoms with Crippen LogP contribution < -0.4 is 0 Å². The van der Waals surface area contributed by atoms with Crippen molar-refractivity contribution in [1.29, 1.82) is 0 Å². The van der Waals surface area contributed by atoms with Crippen molar-refractivity contribution in [2.75, 3.05) is 6.54 Å². The summed E-state index contributed by atoms with van der Waals surface area (Å²) in [6.45, 7) is -1.10. The fourth-order valence-electron chi connectivity index (χ4n) is 3.34. The molecule has 2 atom stereocenters. The molecule has 0 radical (unpaired) electrons. The summed E-state index contributed by atoms with van der Waals surface area (Å²) in [4.78, 5) is 14.3. The van der Waals surface area contributed by atoms with E-state index in [1.807, 2.05) is 0 Å². The Labute approximate surface area is 152 Å². The fourth-order valence-corrected chi connectivity index (χ4v) is 3.34. The molecule has 0 aromatic heterocycles. The van der Waals surface area contributed by atoms with E-state index in [0.29, 0.717) is 10.5 Å². The lowest BCUT2D eigenvalue weighted by atomic mass is 9.95. The molecular weight excluding hydrogens is 361 g/mol. The van der Waals surface area contributed by atoms with Crippen molar-refractivity contribution in [3.8, 4) is 11.1 Å². The van der Waals surface area contributed by atoms with Crippen LogP contribution in [0.4, 0.5) is 18.0 Å². The van der Waals surface area contributed by atoms with Gasteiger partial charge in [-0.05, 0) is 23.1 Å². The van der Waals surface area contributed by atoms with Gasteiger partial charge in [-0.2, -0.15) is 0 Å². The van der Waals surface area contributed by atoms with Gasteiger partial charge in [0.05, 0.1) is 12.6 Å². The molecule has 6 nitrogen and oxygen atoms in total. The minimum atomic E-state index is -3.52. The number of nitrogens with zero attached hydrogens (tertiary/aromatic N) is 4. The molecule has 0 saturated carbocycles. The Morgan fingerprint density at radius 3 is 2.59 bits per heavy atom. The summed E-state index contributed by atoms with van der Waals surface area (Å²) in [5.41, 5.74) is 9.56. The Balaban J connectivity index is 2.00. The third kappa shape index (κ3) is 3.54. The molecule has 9 heteroatoms. The minimum Gasteiger partial charge on any atom is -0.465 e. The van der Waals surface area contributed by atoms with Crippen LogP contribution in [0.1, 0.15) is 5.56 Å². The van der Waals surface area contributed by atoms with Crippen molar-refractivity contribution < 1.29 is 23.1 Å². The number of benzene rings is 2. The van der Waals surface area contributed by atoms with Crippen molar-refractivity contribution in [2.45, 2.75) is 24.4 Å². The molecule has 2 aromatic rings. The van der Waals surface area contributed by atoms with Gasteiger partial charge in [0, 0.05) is 10.5 Å². The molecule has 0 bridgehead atoms. The highest BCUT2D eigenvalue weighted by Gasteiger charge is 2.55. The molecule has 27 heavy (non-hydrogen) atoms. The molecule has 1 aliphatic heterocycles. The molecule has 1 aliphatic rings. The summed E-state index contributed by atoms with van der Waals surface area (Å²) in [7, 11) is 0. The number of carbonyl (C=O) groups is 1. The summed E-state index contributed by atoms with van der Waals surface area (Å²) in [5.74, 6) is -4.15. The normalized spacial score (nSPS) is 20.9. The molecule has 0 unspecified atom stereocenters. The highest BCUT2D eigenvalue weighted by atomic mass is 19.3. The summed E-state index contributed by atoms with van der Waals surface area (Å²) in [6.07, 6.45) is -1.91. The summed E-state index contributed by atoms with van der Waals surface area (Å²) in [6, 6.07) is 9.93. The Hall–Kier alpha value is -3.19. The van der Waals surface area contributed by atoms with Gasteiger partial charge in [0.1, 0.15) is 11.9 Å². The highest BCUT2D eigenvalue weighted by Crippen LogP contribution is 2.37. The zero-order valence-corrected chi connectivity index (χ0v) is 14.0. The van der Waals surface area contributed by atoms with E-state index in [4.69, 9.17) is 5.53 Å². The van der Waals surface area contributed by atoms with E-state index in [1.165, 1.54) is 6.07 Å². The fraction of sp³-hybridized carbons (Fsp3) is 0.278. The van der Waals surface area contributed by atoms with Crippen LogP contribution in [0, 0.1) is 5.82 Å². The first-order chi connectivity index (χ1) is 12.8. The van der Waals surface area contributed by atoms with E-state index in [2.05, 4.69) is 10.0 Å².